The smallest absolute Gasteiger partial charge is 0.327 e. The number of benzene rings is 2. The lowest BCUT2D eigenvalue weighted by Crippen LogP contribution is -2.66. The van der Waals surface area contributed by atoms with E-state index in [0.29, 0.717) is 39.0 Å². The van der Waals surface area contributed by atoms with Gasteiger partial charge in [-0.2, -0.15) is 0 Å². The summed E-state index contributed by atoms with van der Waals surface area (Å²) in [6, 6.07) is 18.4. The van der Waals surface area contributed by atoms with Crippen molar-refractivity contribution in [2.75, 3.05) is 46.4 Å². The molecule has 0 radical (unpaired) electrons. The Labute approximate surface area is 219 Å². The number of carboxylic acid groups (broad SMARTS) is 1. The Hall–Kier alpha value is -3.16. The van der Waals surface area contributed by atoms with Gasteiger partial charge in [0.2, 0.25) is 0 Å². The van der Waals surface area contributed by atoms with E-state index in [1.165, 1.54) is 5.56 Å². The fourth-order valence-corrected chi connectivity index (χ4v) is 5.35. The van der Waals surface area contributed by atoms with Gasteiger partial charge in [-0.3, -0.25) is 14.5 Å². The number of carbonyl (C=O) groups excluding carboxylic acids is 1. The first-order valence-electron chi connectivity index (χ1n) is 13.2. The van der Waals surface area contributed by atoms with Crippen molar-refractivity contribution in [1.29, 1.82) is 0 Å². The van der Waals surface area contributed by atoms with Crippen LogP contribution in [0, 0.1) is 5.92 Å². The number of likely N-dealkylation sites (N-methyl/N-ethyl adjacent to an activating group) is 1. The Morgan fingerprint density at radius 2 is 1.68 bits per heavy atom. The van der Waals surface area contributed by atoms with Crippen molar-refractivity contribution in [3.63, 3.8) is 0 Å². The van der Waals surface area contributed by atoms with E-state index in [9.17, 15) is 14.7 Å². The summed E-state index contributed by atoms with van der Waals surface area (Å²) in [5.74, 6) is -1.35. The first kappa shape index (κ1) is 26.9. The SMILES string of the molecule is CN1CCN(C2(C(=O)OCCCOc3ccccc3CCc3ccccc3)CC=CCC2C(=O)O)CC1. The van der Waals surface area contributed by atoms with E-state index in [4.69, 9.17) is 9.47 Å². The molecule has 2 unspecified atom stereocenters. The Morgan fingerprint density at radius 1 is 0.946 bits per heavy atom. The van der Waals surface area contributed by atoms with Crippen LogP contribution in [0.5, 0.6) is 5.75 Å². The number of carboxylic acids is 1. The van der Waals surface area contributed by atoms with Crippen LogP contribution in [0.25, 0.3) is 0 Å². The van der Waals surface area contributed by atoms with Crippen molar-refractivity contribution in [1.82, 2.24) is 9.80 Å². The van der Waals surface area contributed by atoms with Crippen molar-refractivity contribution >= 4 is 11.9 Å². The van der Waals surface area contributed by atoms with Crippen LogP contribution in [0.3, 0.4) is 0 Å². The van der Waals surface area contributed by atoms with Gasteiger partial charge >= 0.3 is 11.9 Å². The predicted molar refractivity (Wildman–Crippen MR) is 143 cm³/mol. The van der Waals surface area contributed by atoms with Crippen molar-refractivity contribution < 1.29 is 24.2 Å². The molecule has 4 rings (SSSR count). The minimum absolute atomic E-state index is 0.191. The minimum atomic E-state index is -1.16. The molecule has 1 saturated heterocycles. The Kier molecular flexibility index (Phi) is 9.36. The van der Waals surface area contributed by atoms with Gasteiger partial charge in [-0.1, -0.05) is 60.7 Å². The molecule has 2 aromatic rings. The number of para-hydroxylation sites is 1. The van der Waals surface area contributed by atoms with Crippen LogP contribution in [0.15, 0.2) is 66.7 Å². The molecule has 1 N–H and O–H groups in total. The summed E-state index contributed by atoms with van der Waals surface area (Å²) in [6.07, 6.45) is 6.83. The molecule has 37 heavy (non-hydrogen) atoms. The quantitative estimate of drug-likeness (QED) is 0.282. The maximum atomic E-state index is 13.5. The highest BCUT2D eigenvalue weighted by atomic mass is 16.5. The van der Waals surface area contributed by atoms with E-state index >= 15 is 0 Å². The summed E-state index contributed by atoms with van der Waals surface area (Å²) in [6.45, 7) is 3.49. The topological polar surface area (TPSA) is 79.3 Å². The molecule has 2 aromatic carbocycles. The predicted octanol–water partition coefficient (Wildman–Crippen LogP) is 3.82. The fraction of sp³-hybridized carbons (Fsp3) is 0.467. The summed E-state index contributed by atoms with van der Waals surface area (Å²) in [7, 11) is 2.04. The molecular weight excluding hydrogens is 468 g/mol. The zero-order chi connectivity index (χ0) is 26.1. The number of hydrogen-bond acceptors (Lipinski definition) is 6. The molecule has 0 saturated carbocycles. The maximum absolute atomic E-state index is 13.5. The van der Waals surface area contributed by atoms with Crippen molar-refractivity contribution in [2.45, 2.75) is 37.6 Å². The normalized spacial score (nSPS) is 22.5. The first-order valence-corrected chi connectivity index (χ1v) is 13.2. The molecule has 1 aliphatic heterocycles. The van der Waals surface area contributed by atoms with Crippen LogP contribution in [0.4, 0.5) is 0 Å². The zero-order valence-corrected chi connectivity index (χ0v) is 21.7. The number of aryl methyl sites for hydroxylation is 2. The van der Waals surface area contributed by atoms with E-state index in [2.05, 4.69) is 35.2 Å². The van der Waals surface area contributed by atoms with Crippen LogP contribution < -0.4 is 4.74 Å². The third-order valence-electron chi connectivity index (χ3n) is 7.54. The van der Waals surface area contributed by atoms with E-state index in [1.54, 1.807) is 0 Å². The highest BCUT2D eigenvalue weighted by Crippen LogP contribution is 2.38. The Bertz CT molecular complexity index is 1060. The number of allylic oxidation sites excluding steroid dienone is 1. The monoisotopic (exact) mass is 506 g/mol. The fourth-order valence-electron chi connectivity index (χ4n) is 5.35. The number of esters is 1. The summed E-state index contributed by atoms with van der Waals surface area (Å²) in [5.41, 5.74) is 1.28. The summed E-state index contributed by atoms with van der Waals surface area (Å²) in [4.78, 5) is 29.9. The standard InChI is InChI=1S/C30H38N2O5/c1-31-18-20-32(21-19-31)30(17-8-7-13-26(30)28(33)34)29(35)37-23-9-22-36-27-14-6-5-12-25(27)16-15-24-10-3-2-4-11-24/h2-8,10-12,14,26H,9,13,15-23H2,1H3,(H,33,34). The first-order chi connectivity index (χ1) is 18.0. The van der Waals surface area contributed by atoms with Crippen LogP contribution in [0.2, 0.25) is 0 Å². The van der Waals surface area contributed by atoms with E-state index < -0.39 is 23.4 Å². The number of hydrogen-bond donors (Lipinski definition) is 1. The molecule has 0 spiro atoms. The average Bonchev–Trinajstić information content (AvgIpc) is 2.93. The molecule has 0 amide bonds. The molecule has 7 nitrogen and oxygen atoms in total. The van der Waals surface area contributed by atoms with Gasteiger partial charge in [-0.25, -0.2) is 0 Å². The van der Waals surface area contributed by atoms with Crippen molar-refractivity contribution in [2.24, 2.45) is 5.92 Å². The number of piperazine rings is 1. The number of rotatable bonds is 11. The average molecular weight is 507 g/mol. The zero-order valence-electron chi connectivity index (χ0n) is 21.7. The maximum Gasteiger partial charge on any atom is 0.327 e. The Balaban J connectivity index is 1.32. The van der Waals surface area contributed by atoms with Crippen LogP contribution in [-0.4, -0.2) is 78.8 Å². The van der Waals surface area contributed by atoms with Crippen molar-refractivity contribution in [3.8, 4) is 5.75 Å². The lowest BCUT2D eigenvalue weighted by molar-refractivity contribution is -0.173. The number of ether oxygens (including phenoxy) is 2. The third-order valence-corrected chi connectivity index (χ3v) is 7.54. The highest BCUT2D eigenvalue weighted by molar-refractivity contribution is 5.89. The largest absolute Gasteiger partial charge is 0.493 e. The van der Waals surface area contributed by atoms with Gasteiger partial charge in [0.1, 0.15) is 11.3 Å². The van der Waals surface area contributed by atoms with Crippen LogP contribution in [-0.2, 0) is 27.2 Å². The highest BCUT2D eigenvalue weighted by Gasteiger charge is 2.55. The molecule has 2 atom stereocenters. The van der Waals surface area contributed by atoms with Crippen LogP contribution >= 0.6 is 0 Å². The second-order valence-electron chi connectivity index (χ2n) is 9.95. The molecule has 0 bridgehead atoms. The van der Waals surface area contributed by atoms with Crippen LogP contribution in [0.1, 0.15) is 30.4 Å². The van der Waals surface area contributed by atoms with Gasteiger partial charge in [0, 0.05) is 32.6 Å². The summed E-state index contributed by atoms with van der Waals surface area (Å²) < 4.78 is 11.8. The van der Waals surface area contributed by atoms with E-state index in [1.807, 2.05) is 48.4 Å². The van der Waals surface area contributed by atoms with Gasteiger partial charge in [-0.15, -0.1) is 0 Å². The molecule has 198 valence electrons. The van der Waals surface area contributed by atoms with Gasteiger partial charge in [0.05, 0.1) is 19.1 Å². The van der Waals surface area contributed by atoms with Gasteiger partial charge < -0.3 is 19.5 Å². The van der Waals surface area contributed by atoms with Crippen molar-refractivity contribution in [3.05, 3.63) is 77.9 Å². The van der Waals surface area contributed by atoms with E-state index in [0.717, 1.165) is 37.2 Å². The second-order valence-corrected chi connectivity index (χ2v) is 9.95. The molecular formula is C30H38N2O5. The molecule has 7 heteroatoms. The van der Waals surface area contributed by atoms with Gasteiger partial charge in [0.15, 0.2) is 0 Å². The molecule has 1 aliphatic carbocycles. The van der Waals surface area contributed by atoms with E-state index in [-0.39, 0.29) is 6.61 Å². The van der Waals surface area contributed by atoms with Gasteiger partial charge in [0.25, 0.3) is 0 Å². The third kappa shape index (κ3) is 6.59. The van der Waals surface area contributed by atoms with Gasteiger partial charge in [-0.05, 0) is 49.9 Å². The lowest BCUT2D eigenvalue weighted by Gasteiger charge is -2.48. The lowest BCUT2D eigenvalue weighted by atomic mass is 9.74. The molecule has 0 aromatic heterocycles. The number of nitrogens with zero attached hydrogens (tertiary/aromatic N) is 2. The molecule has 1 fully saturated rings. The molecule has 1 heterocycles. The number of carbonyl (C=O) groups is 2. The molecule has 2 aliphatic rings. The Morgan fingerprint density at radius 3 is 2.43 bits per heavy atom. The minimum Gasteiger partial charge on any atom is -0.493 e. The summed E-state index contributed by atoms with van der Waals surface area (Å²) >= 11 is 0. The number of aliphatic carboxylic acids is 1. The second kappa shape index (κ2) is 12.9. The summed E-state index contributed by atoms with van der Waals surface area (Å²) in [5, 5.41) is 9.98.